The molecule has 0 saturated heterocycles. The fourth-order valence-corrected chi connectivity index (χ4v) is 3.80. The molecule has 2 heterocycles. The SMILES string of the molecule is Cc1cc(Nc2ccccc2Nc2cc(C)c3ccccc3n2)nc2ccccc12. The van der Waals surface area contributed by atoms with Crippen molar-refractivity contribution in [2.45, 2.75) is 13.8 Å². The van der Waals surface area contributed by atoms with Gasteiger partial charge in [-0.3, -0.25) is 0 Å². The lowest BCUT2D eigenvalue weighted by molar-refractivity contribution is 1.32. The number of benzene rings is 3. The maximum atomic E-state index is 4.78. The number of pyridine rings is 2. The van der Waals surface area contributed by atoms with Gasteiger partial charge in [-0.1, -0.05) is 48.5 Å². The monoisotopic (exact) mass is 390 g/mol. The van der Waals surface area contributed by atoms with Crippen LogP contribution in [0.5, 0.6) is 0 Å². The lowest BCUT2D eigenvalue weighted by atomic mass is 10.1. The molecule has 0 bridgehead atoms. The molecule has 0 aliphatic rings. The number of anilines is 4. The Kier molecular flexibility index (Phi) is 4.52. The van der Waals surface area contributed by atoms with Crippen molar-refractivity contribution in [1.29, 1.82) is 0 Å². The molecule has 4 nitrogen and oxygen atoms in total. The van der Waals surface area contributed by atoms with Gasteiger partial charge < -0.3 is 10.6 Å². The van der Waals surface area contributed by atoms with Gasteiger partial charge in [-0.15, -0.1) is 0 Å². The molecule has 0 amide bonds. The van der Waals surface area contributed by atoms with E-state index < -0.39 is 0 Å². The minimum Gasteiger partial charge on any atom is -0.339 e. The highest BCUT2D eigenvalue weighted by Gasteiger charge is 2.08. The third-order valence-electron chi connectivity index (χ3n) is 5.30. The van der Waals surface area contributed by atoms with Crippen LogP contribution in [-0.2, 0) is 0 Å². The molecule has 5 rings (SSSR count). The van der Waals surface area contributed by atoms with Crippen molar-refractivity contribution in [3.8, 4) is 0 Å². The van der Waals surface area contributed by atoms with Gasteiger partial charge in [0.05, 0.1) is 22.4 Å². The van der Waals surface area contributed by atoms with Gasteiger partial charge in [-0.2, -0.15) is 0 Å². The van der Waals surface area contributed by atoms with Crippen molar-refractivity contribution >= 4 is 44.8 Å². The number of hydrogen-bond acceptors (Lipinski definition) is 4. The fourth-order valence-electron chi connectivity index (χ4n) is 3.80. The summed E-state index contributed by atoms with van der Waals surface area (Å²) in [6.07, 6.45) is 0. The minimum absolute atomic E-state index is 0.822. The van der Waals surface area contributed by atoms with Crippen molar-refractivity contribution in [3.63, 3.8) is 0 Å². The Balaban J connectivity index is 1.49. The van der Waals surface area contributed by atoms with Crippen molar-refractivity contribution in [1.82, 2.24) is 9.97 Å². The predicted molar refractivity (Wildman–Crippen MR) is 126 cm³/mol. The van der Waals surface area contributed by atoms with Crippen LogP contribution in [0.3, 0.4) is 0 Å². The molecule has 0 saturated carbocycles. The van der Waals surface area contributed by atoms with Crippen molar-refractivity contribution < 1.29 is 0 Å². The third-order valence-corrected chi connectivity index (χ3v) is 5.30. The van der Waals surface area contributed by atoms with Crippen LogP contribution in [0.25, 0.3) is 21.8 Å². The van der Waals surface area contributed by atoms with Crippen molar-refractivity contribution in [2.24, 2.45) is 0 Å². The summed E-state index contributed by atoms with van der Waals surface area (Å²) in [6.45, 7) is 4.22. The lowest BCUT2D eigenvalue weighted by Crippen LogP contribution is -2.01. The Morgan fingerprint density at radius 1 is 0.533 bits per heavy atom. The number of hydrogen-bond donors (Lipinski definition) is 2. The first-order chi connectivity index (χ1) is 14.7. The van der Waals surface area contributed by atoms with E-state index in [2.05, 4.69) is 48.7 Å². The lowest BCUT2D eigenvalue weighted by Gasteiger charge is -2.15. The van der Waals surface area contributed by atoms with Gasteiger partial charge in [0.25, 0.3) is 0 Å². The molecule has 0 aliphatic carbocycles. The Hall–Kier alpha value is -3.92. The fraction of sp³-hybridized carbons (Fsp3) is 0.0769. The molecule has 5 aromatic rings. The van der Waals surface area contributed by atoms with Crippen LogP contribution >= 0.6 is 0 Å². The van der Waals surface area contributed by atoms with Gasteiger partial charge in [0.2, 0.25) is 0 Å². The molecule has 3 aromatic carbocycles. The van der Waals surface area contributed by atoms with E-state index in [4.69, 9.17) is 9.97 Å². The third kappa shape index (κ3) is 3.44. The summed E-state index contributed by atoms with van der Waals surface area (Å²) in [5, 5.41) is 9.30. The molecule has 2 N–H and O–H groups in total. The highest BCUT2D eigenvalue weighted by molar-refractivity contribution is 5.87. The van der Waals surface area contributed by atoms with Gasteiger partial charge in [0.1, 0.15) is 11.6 Å². The first kappa shape index (κ1) is 18.1. The van der Waals surface area contributed by atoms with E-state index in [-0.39, 0.29) is 0 Å². The molecule has 2 aromatic heterocycles. The Morgan fingerprint density at radius 3 is 1.40 bits per heavy atom. The van der Waals surface area contributed by atoms with Crippen LogP contribution in [0.15, 0.2) is 84.9 Å². The summed E-state index contributed by atoms with van der Waals surface area (Å²) in [5.74, 6) is 1.64. The average molecular weight is 390 g/mol. The van der Waals surface area contributed by atoms with E-state index in [1.807, 2.05) is 60.7 Å². The standard InChI is InChI=1S/C26H22N4/c1-17-15-25(27-21-11-5-3-9-19(17)21)29-23-13-7-8-14-24(23)30-26-16-18(2)20-10-4-6-12-22(20)28-26/h3-16H,1-2H3,(H,27,29)(H,28,30). The Labute approximate surface area is 175 Å². The van der Waals surface area contributed by atoms with Crippen molar-refractivity contribution in [3.05, 3.63) is 96.1 Å². The molecular weight excluding hydrogens is 368 g/mol. The minimum atomic E-state index is 0.822. The van der Waals surface area contributed by atoms with Crippen LogP contribution in [0, 0.1) is 13.8 Å². The quantitative estimate of drug-likeness (QED) is 0.351. The second-order valence-corrected chi connectivity index (χ2v) is 7.48. The van der Waals surface area contributed by atoms with E-state index >= 15 is 0 Å². The van der Waals surface area contributed by atoms with Gasteiger partial charge in [0, 0.05) is 10.8 Å². The van der Waals surface area contributed by atoms with E-state index in [1.54, 1.807) is 0 Å². The van der Waals surface area contributed by atoms with Crippen LogP contribution in [0.1, 0.15) is 11.1 Å². The molecular formula is C26H22N4. The van der Waals surface area contributed by atoms with Crippen LogP contribution in [0.4, 0.5) is 23.0 Å². The highest BCUT2D eigenvalue weighted by Crippen LogP contribution is 2.30. The van der Waals surface area contributed by atoms with Crippen LogP contribution < -0.4 is 10.6 Å². The summed E-state index contributed by atoms with van der Waals surface area (Å²) in [7, 11) is 0. The summed E-state index contributed by atoms with van der Waals surface area (Å²) in [5.41, 5.74) is 6.26. The number of nitrogens with zero attached hydrogens (tertiary/aromatic N) is 2. The summed E-state index contributed by atoms with van der Waals surface area (Å²) in [6, 6.07) is 28.7. The second kappa shape index (κ2) is 7.48. The van der Waals surface area contributed by atoms with E-state index in [9.17, 15) is 0 Å². The first-order valence-corrected chi connectivity index (χ1v) is 10.0. The van der Waals surface area contributed by atoms with Gasteiger partial charge in [-0.05, 0) is 61.4 Å². The van der Waals surface area contributed by atoms with Gasteiger partial charge in [-0.25, -0.2) is 9.97 Å². The molecule has 146 valence electrons. The largest absolute Gasteiger partial charge is 0.339 e. The number of fused-ring (bicyclic) bond motifs is 2. The maximum Gasteiger partial charge on any atom is 0.131 e. The molecule has 0 radical (unpaired) electrons. The number of aryl methyl sites for hydroxylation is 2. The van der Waals surface area contributed by atoms with E-state index in [0.717, 1.165) is 34.0 Å². The van der Waals surface area contributed by atoms with Crippen LogP contribution in [0.2, 0.25) is 0 Å². The molecule has 0 spiro atoms. The number of para-hydroxylation sites is 4. The van der Waals surface area contributed by atoms with E-state index in [1.165, 1.54) is 21.9 Å². The molecule has 4 heteroatoms. The number of rotatable bonds is 4. The van der Waals surface area contributed by atoms with Gasteiger partial charge >= 0.3 is 0 Å². The number of nitrogens with one attached hydrogen (secondary N) is 2. The Morgan fingerprint density at radius 2 is 0.933 bits per heavy atom. The summed E-state index contributed by atoms with van der Waals surface area (Å²) >= 11 is 0. The van der Waals surface area contributed by atoms with Gasteiger partial charge in [0.15, 0.2) is 0 Å². The molecule has 0 fully saturated rings. The topological polar surface area (TPSA) is 49.8 Å². The second-order valence-electron chi connectivity index (χ2n) is 7.48. The predicted octanol–water partition coefficient (Wildman–Crippen LogP) is 6.89. The number of aromatic nitrogens is 2. The zero-order valence-electron chi connectivity index (χ0n) is 17.0. The molecule has 30 heavy (non-hydrogen) atoms. The normalized spacial score (nSPS) is 11.0. The molecule has 0 unspecified atom stereocenters. The smallest absolute Gasteiger partial charge is 0.131 e. The zero-order chi connectivity index (χ0) is 20.5. The highest BCUT2D eigenvalue weighted by atomic mass is 15.0. The summed E-state index contributed by atoms with van der Waals surface area (Å²) in [4.78, 5) is 9.56. The molecule has 0 atom stereocenters. The summed E-state index contributed by atoms with van der Waals surface area (Å²) < 4.78 is 0. The average Bonchev–Trinajstić information content (AvgIpc) is 2.75. The zero-order valence-corrected chi connectivity index (χ0v) is 17.0. The van der Waals surface area contributed by atoms with Crippen LogP contribution in [-0.4, -0.2) is 9.97 Å². The first-order valence-electron chi connectivity index (χ1n) is 10.0. The van der Waals surface area contributed by atoms with Crippen molar-refractivity contribution in [2.75, 3.05) is 10.6 Å². The van der Waals surface area contributed by atoms with E-state index in [0.29, 0.717) is 0 Å². The maximum absolute atomic E-state index is 4.78. The molecule has 0 aliphatic heterocycles. The Bertz CT molecular complexity index is 1270.